The number of rotatable bonds is 3. The summed E-state index contributed by atoms with van der Waals surface area (Å²) in [5, 5.41) is 0. The van der Waals surface area contributed by atoms with E-state index in [4.69, 9.17) is 4.74 Å². The molecule has 2 aliphatic heterocycles. The number of amides is 1. The van der Waals surface area contributed by atoms with Crippen molar-refractivity contribution in [2.45, 2.75) is 32.8 Å². The van der Waals surface area contributed by atoms with E-state index in [1.54, 1.807) is 36.1 Å². The van der Waals surface area contributed by atoms with E-state index in [1.165, 1.54) is 4.31 Å². The van der Waals surface area contributed by atoms with Crippen LogP contribution in [0.1, 0.15) is 26.7 Å². The number of sulfonamides is 1. The molecule has 1 aromatic rings. The molecule has 132 valence electrons. The molecule has 0 N–H and O–H groups in total. The molecular formula is C17H24N2O4S. The molecule has 1 atom stereocenters. The summed E-state index contributed by atoms with van der Waals surface area (Å²) in [5.74, 6) is 0.944. The lowest BCUT2D eigenvalue weighted by atomic mass is 9.99. The minimum atomic E-state index is -3.46. The smallest absolute Gasteiger partial charge is 0.265 e. The van der Waals surface area contributed by atoms with Crippen LogP contribution in [0.15, 0.2) is 24.3 Å². The topological polar surface area (TPSA) is 66.9 Å². The van der Waals surface area contributed by atoms with Gasteiger partial charge >= 0.3 is 0 Å². The predicted molar refractivity (Wildman–Crippen MR) is 92.6 cm³/mol. The van der Waals surface area contributed by atoms with Crippen LogP contribution in [0, 0.1) is 5.92 Å². The summed E-state index contributed by atoms with van der Waals surface area (Å²) in [6.07, 6.45) is 1.17. The molecule has 1 amide bonds. The molecule has 24 heavy (non-hydrogen) atoms. The number of fused-ring (bicyclic) bond motifs is 1. The third kappa shape index (κ3) is 3.22. The number of para-hydroxylation sites is 2. The Labute approximate surface area is 143 Å². The molecule has 0 radical (unpaired) electrons. The van der Waals surface area contributed by atoms with E-state index in [1.807, 2.05) is 0 Å². The molecule has 0 aromatic heterocycles. The Balaban J connectivity index is 1.85. The molecule has 2 aliphatic rings. The van der Waals surface area contributed by atoms with E-state index in [9.17, 15) is 13.2 Å². The van der Waals surface area contributed by atoms with Crippen LogP contribution in [-0.4, -0.2) is 50.7 Å². The van der Waals surface area contributed by atoms with Gasteiger partial charge in [0, 0.05) is 13.1 Å². The van der Waals surface area contributed by atoms with Crippen molar-refractivity contribution < 1.29 is 17.9 Å². The number of hydrogen-bond donors (Lipinski definition) is 0. The first-order valence-electron chi connectivity index (χ1n) is 8.47. The lowest BCUT2D eigenvalue weighted by molar-refractivity contribution is -0.139. The largest absolute Gasteiger partial charge is 0.476 e. The lowest BCUT2D eigenvalue weighted by Crippen LogP contribution is -2.53. The van der Waals surface area contributed by atoms with Gasteiger partial charge in [-0.1, -0.05) is 19.1 Å². The standard InChI is InChI=1S/C17H24N2O4S/c1-3-24(21,22)19-12-16(23-15-7-5-4-6-14(15)19)17(20)18-10-8-13(2)9-11-18/h4-7,13,16H,3,8-12H2,1-2H3/t16-/m0/s1. The van der Waals surface area contributed by atoms with E-state index in [-0.39, 0.29) is 18.2 Å². The predicted octanol–water partition coefficient (Wildman–Crippen LogP) is 1.86. The monoisotopic (exact) mass is 352 g/mol. The summed E-state index contributed by atoms with van der Waals surface area (Å²) in [5.41, 5.74) is 0.510. The normalized spacial score (nSPS) is 22.0. The molecule has 3 rings (SSSR count). The van der Waals surface area contributed by atoms with Gasteiger partial charge in [0.15, 0.2) is 6.10 Å². The van der Waals surface area contributed by atoms with Crippen molar-refractivity contribution in [3.8, 4) is 5.75 Å². The number of piperidine rings is 1. The Hall–Kier alpha value is -1.76. The van der Waals surface area contributed by atoms with Crippen molar-refractivity contribution in [1.82, 2.24) is 4.90 Å². The van der Waals surface area contributed by atoms with Crippen LogP contribution in [0.2, 0.25) is 0 Å². The highest BCUT2D eigenvalue weighted by Gasteiger charge is 2.38. The summed E-state index contributed by atoms with van der Waals surface area (Å²) < 4.78 is 32.1. The van der Waals surface area contributed by atoms with Crippen LogP contribution in [0.25, 0.3) is 0 Å². The van der Waals surface area contributed by atoms with E-state index in [0.29, 0.717) is 30.4 Å². The van der Waals surface area contributed by atoms with Crippen molar-refractivity contribution >= 4 is 21.6 Å². The highest BCUT2D eigenvalue weighted by Crippen LogP contribution is 2.35. The lowest BCUT2D eigenvalue weighted by Gasteiger charge is -2.38. The summed E-state index contributed by atoms with van der Waals surface area (Å²) in [6, 6.07) is 6.98. The first-order chi connectivity index (χ1) is 11.4. The maximum atomic E-state index is 12.8. The molecule has 1 aromatic carbocycles. The highest BCUT2D eigenvalue weighted by molar-refractivity contribution is 7.92. The van der Waals surface area contributed by atoms with Crippen molar-refractivity contribution in [3.63, 3.8) is 0 Å². The fourth-order valence-electron chi connectivity index (χ4n) is 3.18. The third-order valence-corrected chi connectivity index (χ3v) is 6.55. The van der Waals surface area contributed by atoms with Gasteiger partial charge in [-0.3, -0.25) is 9.10 Å². The molecule has 0 unspecified atom stereocenters. The highest BCUT2D eigenvalue weighted by atomic mass is 32.2. The van der Waals surface area contributed by atoms with Crippen molar-refractivity contribution in [2.75, 3.05) is 29.7 Å². The van der Waals surface area contributed by atoms with Crippen molar-refractivity contribution in [3.05, 3.63) is 24.3 Å². The zero-order chi connectivity index (χ0) is 17.3. The zero-order valence-electron chi connectivity index (χ0n) is 14.1. The number of carbonyl (C=O) groups is 1. The molecule has 1 fully saturated rings. The molecular weight excluding hydrogens is 328 g/mol. The summed E-state index contributed by atoms with van der Waals surface area (Å²) in [6.45, 7) is 5.25. The minimum absolute atomic E-state index is 0.0104. The van der Waals surface area contributed by atoms with Crippen LogP contribution < -0.4 is 9.04 Å². The van der Waals surface area contributed by atoms with Gasteiger partial charge in [0.25, 0.3) is 5.91 Å². The number of likely N-dealkylation sites (tertiary alicyclic amines) is 1. The van der Waals surface area contributed by atoms with Gasteiger partial charge in [0.05, 0.1) is 18.0 Å². The molecule has 6 nitrogen and oxygen atoms in total. The van der Waals surface area contributed by atoms with E-state index in [2.05, 4.69) is 6.92 Å². The van der Waals surface area contributed by atoms with Crippen LogP contribution >= 0.6 is 0 Å². The maximum Gasteiger partial charge on any atom is 0.265 e. The quantitative estimate of drug-likeness (QED) is 0.833. The summed E-state index contributed by atoms with van der Waals surface area (Å²) in [4.78, 5) is 14.6. The second-order valence-electron chi connectivity index (χ2n) is 6.51. The van der Waals surface area contributed by atoms with Gasteiger partial charge < -0.3 is 9.64 Å². The number of anilines is 1. The zero-order valence-corrected chi connectivity index (χ0v) is 15.0. The van der Waals surface area contributed by atoms with Crippen molar-refractivity contribution in [1.29, 1.82) is 0 Å². The first kappa shape index (κ1) is 17.1. The van der Waals surface area contributed by atoms with Crippen LogP contribution in [0.3, 0.4) is 0 Å². The first-order valence-corrected chi connectivity index (χ1v) is 10.1. The SMILES string of the molecule is CCS(=O)(=O)N1C[C@@H](C(=O)N2CCC(C)CC2)Oc2ccccc21. The van der Waals surface area contributed by atoms with E-state index in [0.717, 1.165) is 12.8 Å². The Morgan fingerprint density at radius 3 is 2.58 bits per heavy atom. The molecule has 0 aliphatic carbocycles. The molecule has 0 spiro atoms. The summed E-state index contributed by atoms with van der Waals surface area (Å²) in [7, 11) is -3.46. The van der Waals surface area contributed by atoms with Gasteiger partial charge in [-0.05, 0) is 37.8 Å². The fraction of sp³-hybridized carbons (Fsp3) is 0.588. The average Bonchev–Trinajstić information content (AvgIpc) is 2.60. The van der Waals surface area contributed by atoms with Crippen molar-refractivity contribution in [2.24, 2.45) is 5.92 Å². The van der Waals surface area contributed by atoms with Crippen LogP contribution in [0.4, 0.5) is 5.69 Å². The van der Waals surface area contributed by atoms with Crippen LogP contribution in [0.5, 0.6) is 5.75 Å². The molecule has 7 heteroatoms. The van der Waals surface area contributed by atoms with Gasteiger partial charge in [0.2, 0.25) is 10.0 Å². The van der Waals surface area contributed by atoms with Gasteiger partial charge in [-0.15, -0.1) is 0 Å². The van der Waals surface area contributed by atoms with Gasteiger partial charge in [0.1, 0.15) is 5.75 Å². The number of hydrogen-bond acceptors (Lipinski definition) is 4. The Kier molecular flexibility index (Phi) is 4.71. The third-order valence-electron chi connectivity index (χ3n) is 4.81. The second kappa shape index (κ2) is 6.63. The van der Waals surface area contributed by atoms with E-state index < -0.39 is 16.1 Å². The minimum Gasteiger partial charge on any atom is -0.476 e. The van der Waals surface area contributed by atoms with Gasteiger partial charge in [-0.2, -0.15) is 0 Å². The maximum absolute atomic E-state index is 12.8. The molecule has 1 saturated heterocycles. The fourth-order valence-corrected chi connectivity index (χ4v) is 4.31. The summed E-state index contributed by atoms with van der Waals surface area (Å²) >= 11 is 0. The number of nitrogens with zero attached hydrogens (tertiary/aromatic N) is 2. The number of benzene rings is 1. The molecule has 2 heterocycles. The Bertz CT molecular complexity index is 711. The van der Waals surface area contributed by atoms with Crippen LogP contribution in [-0.2, 0) is 14.8 Å². The second-order valence-corrected chi connectivity index (χ2v) is 8.70. The van der Waals surface area contributed by atoms with E-state index >= 15 is 0 Å². The number of carbonyl (C=O) groups excluding carboxylic acids is 1. The average molecular weight is 352 g/mol. The molecule has 0 bridgehead atoms. The number of ether oxygens (including phenoxy) is 1. The van der Waals surface area contributed by atoms with Gasteiger partial charge in [-0.25, -0.2) is 8.42 Å². The Morgan fingerprint density at radius 1 is 1.25 bits per heavy atom. The molecule has 0 saturated carbocycles. The Morgan fingerprint density at radius 2 is 1.92 bits per heavy atom.